The number of amides is 2. The fourth-order valence-corrected chi connectivity index (χ4v) is 3.51. The Morgan fingerprint density at radius 1 is 0.903 bits per heavy atom. The Morgan fingerprint density at radius 2 is 1.32 bits per heavy atom. The summed E-state index contributed by atoms with van der Waals surface area (Å²) in [5.41, 5.74) is -0.894. The van der Waals surface area contributed by atoms with E-state index in [4.69, 9.17) is 14.2 Å². The lowest BCUT2D eigenvalue weighted by Gasteiger charge is -2.30. The summed E-state index contributed by atoms with van der Waals surface area (Å²) in [7, 11) is 1.97. The number of fused-ring (bicyclic) bond motifs is 1. The largest absolute Gasteiger partial charge is 0.444 e. The zero-order chi connectivity index (χ0) is 23.7. The Morgan fingerprint density at radius 3 is 1.71 bits per heavy atom. The number of likely N-dealkylation sites (N-methyl/N-ethyl adjacent to an activating group) is 1. The second-order valence-electron chi connectivity index (χ2n) is 10.9. The number of carbonyl (C=O) groups is 2. The average Bonchev–Trinajstić information content (AvgIpc) is 3.01. The molecule has 9 heteroatoms. The monoisotopic (exact) mass is 443 g/mol. The van der Waals surface area contributed by atoms with Crippen molar-refractivity contribution >= 4 is 12.2 Å². The van der Waals surface area contributed by atoms with E-state index in [2.05, 4.69) is 18.7 Å². The van der Waals surface area contributed by atoms with Crippen LogP contribution in [0.15, 0.2) is 0 Å². The van der Waals surface area contributed by atoms with Crippen LogP contribution in [-0.2, 0) is 14.2 Å². The van der Waals surface area contributed by atoms with Crippen molar-refractivity contribution < 1.29 is 28.9 Å². The van der Waals surface area contributed by atoms with Crippen LogP contribution >= 0.6 is 0 Å². The molecular formula is C22H41N3O6. The summed E-state index contributed by atoms with van der Waals surface area (Å²) in [5, 5.41) is 10.0. The van der Waals surface area contributed by atoms with Crippen molar-refractivity contribution in [3.05, 3.63) is 0 Å². The maximum absolute atomic E-state index is 11.9. The number of likely N-dealkylation sites (tertiary alicyclic amines) is 2. The van der Waals surface area contributed by atoms with E-state index < -0.39 is 17.3 Å². The first-order valence-corrected chi connectivity index (χ1v) is 11.1. The van der Waals surface area contributed by atoms with Gasteiger partial charge in [0.25, 0.3) is 0 Å². The van der Waals surface area contributed by atoms with Gasteiger partial charge in [0.05, 0.1) is 31.8 Å². The molecule has 3 fully saturated rings. The predicted octanol–water partition coefficient (Wildman–Crippen LogP) is 2.31. The third kappa shape index (κ3) is 7.80. The van der Waals surface area contributed by atoms with Crippen molar-refractivity contribution in [2.75, 3.05) is 33.2 Å². The smallest absolute Gasteiger partial charge is 0.410 e. The molecule has 0 saturated carbocycles. The summed E-state index contributed by atoms with van der Waals surface area (Å²) in [6.07, 6.45) is -0.505. The molecule has 0 aromatic rings. The fourth-order valence-electron chi connectivity index (χ4n) is 3.51. The van der Waals surface area contributed by atoms with Crippen molar-refractivity contribution in [1.29, 1.82) is 0 Å². The number of hydrogen-bond donors (Lipinski definition) is 1. The molecule has 0 aromatic carbocycles. The molecule has 3 aliphatic rings. The number of carbonyl (C=O) groups excluding carboxylic acids is 2. The van der Waals surface area contributed by atoms with Gasteiger partial charge in [-0.1, -0.05) is 0 Å². The lowest BCUT2D eigenvalue weighted by atomic mass is 10.1. The van der Waals surface area contributed by atoms with Crippen molar-refractivity contribution in [2.45, 2.75) is 97.0 Å². The van der Waals surface area contributed by atoms with Crippen LogP contribution in [0.1, 0.15) is 55.4 Å². The SMILES string of the molecule is CC(C)(C)OC(=O)N1CC2OC2C1.CC(C)N(C)C1CN(C(=O)OC(C)(C)C)CC1O. The van der Waals surface area contributed by atoms with Gasteiger partial charge in [0, 0.05) is 12.6 Å². The number of rotatable bonds is 2. The van der Waals surface area contributed by atoms with Crippen LogP contribution in [0.3, 0.4) is 0 Å². The predicted molar refractivity (Wildman–Crippen MR) is 117 cm³/mol. The van der Waals surface area contributed by atoms with E-state index in [1.165, 1.54) is 0 Å². The lowest BCUT2D eigenvalue weighted by molar-refractivity contribution is 0.0228. The Labute approximate surface area is 186 Å². The number of morpholine rings is 1. The molecule has 3 aliphatic heterocycles. The van der Waals surface area contributed by atoms with E-state index in [-0.39, 0.29) is 30.4 Å². The van der Waals surface area contributed by atoms with Crippen molar-refractivity contribution in [3.63, 3.8) is 0 Å². The lowest BCUT2D eigenvalue weighted by Crippen LogP contribution is -2.44. The second kappa shape index (κ2) is 9.50. The molecule has 0 aliphatic carbocycles. The molecule has 0 radical (unpaired) electrons. The summed E-state index contributed by atoms with van der Waals surface area (Å²) in [5.74, 6) is 0. The number of hydrogen-bond acceptors (Lipinski definition) is 7. The third-order valence-electron chi connectivity index (χ3n) is 5.39. The number of epoxide rings is 1. The number of nitrogens with zero attached hydrogens (tertiary/aromatic N) is 3. The van der Waals surface area contributed by atoms with Crippen molar-refractivity contribution in [2.24, 2.45) is 0 Å². The van der Waals surface area contributed by atoms with Crippen LogP contribution in [0, 0.1) is 0 Å². The van der Waals surface area contributed by atoms with Gasteiger partial charge in [-0.2, -0.15) is 0 Å². The van der Waals surface area contributed by atoms with Crippen LogP contribution in [-0.4, -0.2) is 107 Å². The highest BCUT2D eigenvalue weighted by Gasteiger charge is 2.49. The van der Waals surface area contributed by atoms with Gasteiger partial charge >= 0.3 is 12.2 Å². The van der Waals surface area contributed by atoms with Crippen LogP contribution in [0.5, 0.6) is 0 Å². The maximum atomic E-state index is 11.9. The topological polar surface area (TPSA) is 95.1 Å². The minimum Gasteiger partial charge on any atom is -0.444 e. The van der Waals surface area contributed by atoms with Gasteiger partial charge in [0.1, 0.15) is 23.4 Å². The van der Waals surface area contributed by atoms with Crippen molar-refractivity contribution in [1.82, 2.24) is 14.7 Å². The van der Waals surface area contributed by atoms with Crippen LogP contribution in [0.25, 0.3) is 0 Å². The third-order valence-corrected chi connectivity index (χ3v) is 5.39. The molecule has 3 heterocycles. The highest BCUT2D eigenvalue weighted by molar-refractivity contribution is 5.69. The van der Waals surface area contributed by atoms with Gasteiger partial charge in [0.15, 0.2) is 0 Å². The molecule has 3 saturated heterocycles. The Kier molecular flexibility index (Phi) is 7.87. The Hall–Kier alpha value is -1.58. The minimum atomic E-state index is -0.509. The molecule has 0 spiro atoms. The van der Waals surface area contributed by atoms with Gasteiger partial charge < -0.3 is 29.1 Å². The quantitative estimate of drug-likeness (QED) is 0.655. The van der Waals surface area contributed by atoms with Crippen LogP contribution < -0.4 is 0 Å². The molecule has 2 amide bonds. The molecule has 9 nitrogen and oxygen atoms in total. The standard InChI is InChI=1S/C13H26N2O3.C9H15NO3/c1-9(2)14(6)10-7-15(8-11(10)16)12(17)18-13(3,4)5;1-9(2,3)13-8(11)10-4-6-7(5-10)12-6/h9-11,16H,7-8H2,1-6H3;6-7H,4-5H2,1-3H3. The number of ether oxygens (including phenoxy) is 3. The molecule has 4 atom stereocenters. The first-order valence-electron chi connectivity index (χ1n) is 11.1. The van der Waals surface area contributed by atoms with E-state index in [1.54, 1.807) is 9.80 Å². The zero-order valence-corrected chi connectivity index (χ0v) is 20.5. The average molecular weight is 444 g/mol. The van der Waals surface area contributed by atoms with E-state index in [1.807, 2.05) is 48.6 Å². The molecule has 1 N–H and O–H groups in total. The normalized spacial score (nSPS) is 27.7. The summed E-state index contributed by atoms with van der Waals surface area (Å²) in [6.45, 7) is 17.5. The molecular weight excluding hydrogens is 402 g/mol. The van der Waals surface area contributed by atoms with Crippen LogP contribution in [0.2, 0.25) is 0 Å². The first-order chi connectivity index (χ1) is 14.1. The highest BCUT2D eigenvalue weighted by atomic mass is 16.6. The maximum Gasteiger partial charge on any atom is 0.410 e. The summed E-state index contributed by atoms with van der Waals surface area (Å²) >= 11 is 0. The zero-order valence-electron chi connectivity index (χ0n) is 20.5. The Balaban J connectivity index is 0.000000231. The van der Waals surface area contributed by atoms with Crippen molar-refractivity contribution in [3.8, 4) is 0 Å². The molecule has 31 heavy (non-hydrogen) atoms. The molecule has 0 bridgehead atoms. The second-order valence-corrected chi connectivity index (χ2v) is 10.9. The molecule has 0 aromatic heterocycles. The molecule has 180 valence electrons. The summed E-state index contributed by atoms with van der Waals surface area (Å²) in [6, 6.07) is 0.320. The molecule has 4 unspecified atom stereocenters. The Bertz CT molecular complexity index is 632. The van der Waals surface area contributed by atoms with Gasteiger partial charge in [0.2, 0.25) is 0 Å². The van der Waals surface area contributed by atoms with Gasteiger partial charge in [-0.05, 0) is 62.4 Å². The number of aliphatic hydroxyl groups excluding tert-OH is 1. The van der Waals surface area contributed by atoms with Crippen LogP contribution in [0.4, 0.5) is 9.59 Å². The van der Waals surface area contributed by atoms with Gasteiger partial charge in [-0.3, -0.25) is 4.90 Å². The van der Waals surface area contributed by atoms with E-state index in [0.29, 0.717) is 32.2 Å². The number of β-amino-alcohol motifs (C(OH)–C–C–N with tert-alkyl or cyclic N) is 1. The fraction of sp³-hybridized carbons (Fsp3) is 0.909. The van der Waals surface area contributed by atoms with E-state index >= 15 is 0 Å². The highest BCUT2D eigenvalue weighted by Crippen LogP contribution is 2.31. The van der Waals surface area contributed by atoms with Gasteiger partial charge in [-0.25, -0.2) is 9.59 Å². The first kappa shape index (κ1) is 25.7. The van der Waals surface area contributed by atoms with E-state index in [9.17, 15) is 14.7 Å². The van der Waals surface area contributed by atoms with E-state index in [0.717, 1.165) is 0 Å². The molecule has 3 rings (SSSR count). The summed E-state index contributed by atoms with van der Waals surface area (Å²) < 4.78 is 15.8. The number of aliphatic hydroxyl groups is 1. The minimum absolute atomic E-state index is 0.0162. The summed E-state index contributed by atoms with van der Waals surface area (Å²) in [4.78, 5) is 28.8. The van der Waals surface area contributed by atoms with Gasteiger partial charge in [-0.15, -0.1) is 0 Å².